The molecule has 1 heterocycles. The number of methoxy groups -OCH3 is 1. The molecule has 1 N–H and O–H groups in total. The van der Waals surface area contributed by atoms with Gasteiger partial charge >= 0.3 is 12.1 Å². The topological polar surface area (TPSA) is 97.4 Å². The van der Waals surface area contributed by atoms with Crippen LogP contribution in [-0.4, -0.2) is 94.5 Å². The lowest BCUT2D eigenvalue weighted by atomic mass is 9.87. The zero-order valence-electron chi connectivity index (χ0n) is 43.1. The van der Waals surface area contributed by atoms with E-state index in [9.17, 15) is 14.4 Å². The molecular weight excluding hydrogens is 799 g/mol. The number of hydrogen-bond donors (Lipinski definition) is 1. The summed E-state index contributed by atoms with van der Waals surface area (Å²) >= 11 is 0. The molecule has 0 aliphatic carbocycles. The Balaban J connectivity index is 0.00000286. The highest BCUT2D eigenvalue weighted by Crippen LogP contribution is 2.25. The Morgan fingerprint density at radius 3 is 1.55 bits per heavy atom. The van der Waals surface area contributed by atoms with E-state index < -0.39 is 6.04 Å². The number of carbonyl (C=O) groups is 3. The second-order valence-corrected chi connectivity index (χ2v) is 19.2. The molecule has 3 atom stereocenters. The maximum absolute atomic E-state index is 13.1. The van der Waals surface area contributed by atoms with Crippen LogP contribution in [0.25, 0.3) is 0 Å². The van der Waals surface area contributed by atoms with Crippen LogP contribution in [0, 0.1) is 11.3 Å². The van der Waals surface area contributed by atoms with Crippen LogP contribution in [0.5, 0.6) is 0 Å². The molecule has 0 aromatic carbocycles. The first-order valence-corrected chi connectivity index (χ1v) is 26.0. The zero-order chi connectivity index (χ0) is 47.5. The molecule has 64 heavy (non-hydrogen) atoms. The molecule has 0 aromatic rings. The Kier molecular flexibility index (Phi) is 40.8. The van der Waals surface area contributed by atoms with E-state index in [2.05, 4.69) is 86.5 Å². The molecule has 9 heteroatoms. The van der Waals surface area contributed by atoms with E-state index in [-0.39, 0.29) is 29.6 Å². The number of unbranched alkanes of at least 4 members (excludes halogenated alkanes) is 18. The van der Waals surface area contributed by atoms with Crippen molar-refractivity contribution in [3.8, 4) is 0 Å². The van der Waals surface area contributed by atoms with Crippen molar-refractivity contribution in [2.75, 3.05) is 47.9 Å². The average molecular weight is 900 g/mol. The molecule has 0 radical (unpaired) electrons. The molecule has 372 valence electrons. The van der Waals surface area contributed by atoms with Crippen molar-refractivity contribution in [1.82, 2.24) is 15.1 Å². The van der Waals surface area contributed by atoms with Gasteiger partial charge in [0, 0.05) is 24.5 Å². The van der Waals surface area contributed by atoms with E-state index in [1.807, 2.05) is 28.1 Å². The van der Waals surface area contributed by atoms with Crippen LogP contribution < -0.4 is 5.32 Å². The second-order valence-electron chi connectivity index (χ2n) is 19.2. The van der Waals surface area contributed by atoms with Crippen LogP contribution in [-0.2, 0) is 23.8 Å². The number of likely N-dealkylation sites (tertiary alicyclic amines) is 1. The Bertz CT molecular complexity index is 1180. The molecule has 1 aliphatic heterocycles. The lowest BCUT2D eigenvalue weighted by Gasteiger charge is -2.32. The lowest BCUT2D eigenvalue weighted by molar-refractivity contribution is -0.145. The van der Waals surface area contributed by atoms with Gasteiger partial charge in [0.1, 0.15) is 12.1 Å². The number of esters is 1. The fraction of sp³-hybridized carbons (Fsp3) is 0.800. The van der Waals surface area contributed by atoms with Crippen LogP contribution in [0.1, 0.15) is 208 Å². The predicted octanol–water partition coefficient (Wildman–Crippen LogP) is 14.1. The molecule has 1 amide bonds. The third kappa shape index (κ3) is 34.4. The van der Waals surface area contributed by atoms with Gasteiger partial charge in [-0.3, -0.25) is 9.69 Å². The highest BCUT2D eigenvalue weighted by molar-refractivity contribution is 5.82. The van der Waals surface area contributed by atoms with Gasteiger partial charge in [-0.2, -0.15) is 0 Å². The van der Waals surface area contributed by atoms with Crippen molar-refractivity contribution in [3.63, 3.8) is 0 Å². The molecule has 3 unspecified atom stereocenters. The van der Waals surface area contributed by atoms with Crippen molar-refractivity contribution in [3.05, 3.63) is 48.6 Å². The minimum atomic E-state index is -0.575. The molecule has 0 aromatic heterocycles. The zero-order valence-corrected chi connectivity index (χ0v) is 43.1. The van der Waals surface area contributed by atoms with Crippen LogP contribution in [0.2, 0.25) is 0 Å². The maximum atomic E-state index is 13.1. The van der Waals surface area contributed by atoms with Gasteiger partial charge < -0.3 is 24.4 Å². The summed E-state index contributed by atoms with van der Waals surface area (Å²) in [4.78, 5) is 39.3. The number of hydrogen-bond acceptors (Lipinski definition) is 8. The summed E-state index contributed by atoms with van der Waals surface area (Å²) in [6, 6.07) is -0.502. The van der Waals surface area contributed by atoms with Gasteiger partial charge in [-0.05, 0) is 117 Å². The predicted molar refractivity (Wildman–Crippen MR) is 272 cm³/mol. The molecule has 1 saturated heterocycles. The molecular formula is C55H101N3O6. The average Bonchev–Trinajstić information content (AvgIpc) is 3.72. The second kappa shape index (κ2) is 42.7. The normalized spacial score (nSPS) is 16.1. The van der Waals surface area contributed by atoms with Crippen molar-refractivity contribution < 1.29 is 28.6 Å². The van der Waals surface area contributed by atoms with Gasteiger partial charge in [-0.15, -0.1) is 0 Å². The number of carbonyl (C=O) groups excluding carboxylic acids is 3. The molecule has 0 saturated carbocycles. The molecule has 1 fully saturated rings. The molecule has 0 spiro atoms. The summed E-state index contributed by atoms with van der Waals surface area (Å²) < 4.78 is 15.8. The van der Waals surface area contributed by atoms with Crippen LogP contribution in [0.3, 0.4) is 0 Å². The van der Waals surface area contributed by atoms with Gasteiger partial charge in [-0.1, -0.05) is 166 Å². The summed E-state index contributed by atoms with van der Waals surface area (Å²) in [6.07, 6.45) is 51.0. The summed E-state index contributed by atoms with van der Waals surface area (Å²) in [5.41, 5.74) is 0.00438. The van der Waals surface area contributed by atoms with Crippen LogP contribution >= 0.6 is 0 Å². The molecule has 1 aliphatic rings. The van der Waals surface area contributed by atoms with E-state index in [4.69, 9.17) is 14.2 Å². The smallest absolute Gasteiger partial charge is 0.410 e. The Morgan fingerprint density at radius 2 is 1.14 bits per heavy atom. The van der Waals surface area contributed by atoms with E-state index in [1.54, 1.807) is 4.90 Å². The van der Waals surface area contributed by atoms with Crippen molar-refractivity contribution in [2.24, 2.45) is 11.3 Å². The van der Waals surface area contributed by atoms with Crippen molar-refractivity contribution >= 4 is 18.5 Å². The first kappa shape index (κ1) is 61.1. The quantitative estimate of drug-likeness (QED) is 0.0214. The summed E-state index contributed by atoms with van der Waals surface area (Å²) in [5.74, 6) is 0.00817. The fourth-order valence-corrected chi connectivity index (χ4v) is 8.24. The minimum absolute atomic E-state index is 0.00438. The molecule has 9 nitrogen and oxygen atoms in total. The molecule has 1 rings (SSSR count). The number of ether oxygens (including phenoxy) is 3. The highest BCUT2D eigenvalue weighted by atomic mass is 16.6. The number of rotatable bonds is 39. The third-order valence-electron chi connectivity index (χ3n) is 12.6. The number of nitrogens with zero attached hydrogens (tertiary/aromatic N) is 2. The van der Waals surface area contributed by atoms with E-state index in [1.165, 1.54) is 148 Å². The SMILES string of the molecule is CC(OC=O)C(C)(C)CN(C)C.CCCCC/C=C\C/C=C\CCCCCCCCC(CCCCCCCC/C=C\C/C=C\CCCCC)COC(=O)N1CC(NC)CC1C(=O)OC. The van der Waals surface area contributed by atoms with E-state index >= 15 is 0 Å². The van der Waals surface area contributed by atoms with Gasteiger partial charge in [0.15, 0.2) is 0 Å². The number of amides is 1. The lowest BCUT2D eigenvalue weighted by Crippen LogP contribution is -2.42. The van der Waals surface area contributed by atoms with Crippen LogP contribution in [0.15, 0.2) is 48.6 Å². The molecule has 0 bridgehead atoms. The van der Waals surface area contributed by atoms with E-state index in [0.29, 0.717) is 32.0 Å². The first-order valence-electron chi connectivity index (χ1n) is 26.0. The number of allylic oxidation sites excluding steroid dienone is 8. The van der Waals surface area contributed by atoms with Crippen molar-refractivity contribution in [2.45, 2.75) is 226 Å². The van der Waals surface area contributed by atoms with Gasteiger partial charge in [0.2, 0.25) is 0 Å². The number of nitrogens with one attached hydrogen (secondary N) is 1. The Morgan fingerprint density at radius 1 is 0.703 bits per heavy atom. The minimum Gasteiger partial charge on any atom is -0.467 e. The monoisotopic (exact) mass is 900 g/mol. The Hall–Kier alpha value is -2.91. The standard InChI is InChI=1S/C46H82N2O4.C9H19NO2/c1-5-7-9-11-13-15-17-19-21-23-25-27-29-31-33-35-37-42(41-52-46(50)48-40-43(47-3)39-44(48)45(49)51-4)38-36-34-32-30-28-26-24-22-20-18-16-14-12-10-8-6-2;1-8(12-7-11)9(2,3)6-10(4)5/h13-16,19-22,42-44,47H,5-12,17-18,23-41H2,1-4H3;7-8H,6H2,1-5H3/b15-13-,16-14-,21-19-,22-20-;. The summed E-state index contributed by atoms with van der Waals surface area (Å²) in [7, 11) is 7.27. The van der Waals surface area contributed by atoms with Crippen LogP contribution in [0.4, 0.5) is 4.79 Å². The van der Waals surface area contributed by atoms with Gasteiger partial charge in [-0.25, -0.2) is 9.59 Å². The summed E-state index contributed by atoms with van der Waals surface area (Å²) in [5, 5.41) is 3.20. The summed E-state index contributed by atoms with van der Waals surface area (Å²) in [6.45, 7) is 12.9. The number of likely N-dealkylation sites (N-methyl/N-ethyl adjacent to an activating group) is 1. The van der Waals surface area contributed by atoms with E-state index in [0.717, 1.165) is 32.2 Å². The third-order valence-corrected chi connectivity index (χ3v) is 12.6. The first-order chi connectivity index (χ1) is 31.0. The maximum Gasteiger partial charge on any atom is 0.410 e. The van der Waals surface area contributed by atoms with Crippen molar-refractivity contribution in [1.29, 1.82) is 0 Å². The van der Waals surface area contributed by atoms with Gasteiger partial charge in [0.05, 0.1) is 13.7 Å². The fourth-order valence-electron chi connectivity index (χ4n) is 8.24. The largest absolute Gasteiger partial charge is 0.467 e. The van der Waals surface area contributed by atoms with Gasteiger partial charge in [0.25, 0.3) is 6.47 Å². The highest BCUT2D eigenvalue weighted by Gasteiger charge is 2.40. The Labute approximate surface area is 395 Å².